The van der Waals surface area contributed by atoms with Crippen molar-refractivity contribution in [3.8, 4) is 0 Å². The molecular formula is C16H23N9O. The van der Waals surface area contributed by atoms with E-state index in [0.29, 0.717) is 23.4 Å². The SMILES string of the molecule is Cc1nonc1Cn1nnc2c(N3CCC(N)C3)nc(C(C)(C)C)nc21. The number of nitrogens with zero attached hydrogens (tertiary/aromatic N) is 8. The second-order valence-corrected chi connectivity index (χ2v) is 7.83. The fourth-order valence-electron chi connectivity index (χ4n) is 3.02. The van der Waals surface area contributed by atoms with Crippen LogP contribution in [0.5, 0.6) is 0 Å². The molecule has 1 aliphatic heterocycles. The first kappa shape index (κ1) is 16.8. The van der Waals surface area contributed by atoms with Crippen molar-refractivity contribution < 1.29 is 4.63 Å². The van der Waals surface area contributed by atoms with Gasteiger partial charge in [-0.05, 0) is 13.3 Å². The molecule has 0 aliphatic carbocycles. The Morgan fingerprint density at radius 3 is 2.65 bits per heavy atom. The summed E-state index contributed by atoms with van der Waals surface area (Å²) in [5.41, 5.74) is 8.68. The zero-order chi connectivity index (χ0) is 18.5. The maximum atomic E-state index is 6.09. The van der Waals surface area contributed by atoms with Gasteiger partial charge in [0.05, 0.1) is 6.54 Å². The second-order valence-electron chi connectivity index (χ2n) is 7.83. The first-order chi connectivity index (χ1) is 12.3. The molecule has 26 heavy (non-hydrogen) atoms. The summed E-state index contributed by atoms with van der Waals surface area (Å²) in [5, 5.41) is 16.4. The third-order valence-electron chi connectivity index (χ3n) is 4.59. The van der Waals surface area contributed by atoms with Gasteiger partial charge in [-0.2, -0.15) is 0 Å². The summed E-state index contributed by atoms with van der Waals surface area (Å²) in [4.78, 5) is 11.7. The molecule has 1 aliphatic rings. The Bertz CT molecular complexity index is 939. The summed E-state index contributed by atoms with van der Waals surface area (Å²) in [6.07, 6.45) is 0.939. The minimum atomic E-state index is -0.203. The van der Waals surface area contributed by atoms with E-state index in [-0.39, 0.29) is 11.5 Å². The largest absolute Gasteiger partial charge is 0.353 e. The molecule has 1 unspecified atom stereocenters. The van der Waals surface area contributed by atoms with Crippen molar-refractivity contribution in [1.82, 2.24) is 35.3 Å². The molecule has 3 aromatic heterocycles. The summed E-state index contributed by atoms with van der Waals surface area (Å²) in [5.74, 6) is 1.55. The summed E-state index contributed by atoms with van der Waals surface area (Å²) in [6, 6.07) is 0.150. The quantitative estimate of drug-likeness (QED) is 0.724. The van der Waals surface area contributed by atoms with Crippen LogP contribution in [0.15, 0.2) is 4.63 Å². The van der Waals surface area contributed by atoms with E-state index in [4.69, 9.17) is 20.3 Å². The molecule has 4 rings (SSSR count). The van der Waals surface area contributed by atoms with E-state index in [1.807, 2.05) is 6.92 Å². The smallest absolute Gasteiger partial charge is 0.184 e. The number of fused-ring (bicyclic) bond motifs is 1. The van der Waals surface area contributed by atoms with Crippen LogP contribution < -0.4 is 10.6 Å². The first-order valence-corrected chi connectivity index (χ1v) is 8.73. The standard InChI is InChI=1S/C16H23N9O/c1-9-11(22-26-21-9)8-25-14-12(20-23-25)13(24-6-5-10(17)7-24)18-15(19-14)16(2,3)4/h10H,5-8,17H2,1-4H3. The highest BCUT2D eigenvalue weighted by Crippen LogP contribution is 2.29. The van der Waals surface area contributed by atoms with Crippen LogP contribution in [0.25, 0.3) is 11.2 Å². The van der Waals surface area contributed by atoms with Gasteiger partial charge in [-0.3, -0.25) is 0 Å². The van der Waals surface area contributed by atoms with E-state index in [1.54, 1.807) is 4.68 Å². The number of hydrogen-bond donors (Lipinski definition) is 1. The summed E-state index contributed by atoms with van der Waals surface area (Å²) < 4.78 is 6.51. The molecule has 138 valence electrons. The predicted octanol–water partition coefficient (Wildman–Crippen LogP) is 0.796. The topological polar surface area (TPSA) is 125 Å². The summed E-state index contributed by atoms with van der Waals surface area (Å²) in [6.45, 7) is 10.1. The molecule has 0 radical (unpaired) electrons. The molecule has 1 atom stereocenters. The van der Waals surface area contributed by atoms with Crippen LogP contribution in [0, 0.1) is 6.92 Å². The van der Waals surface area contributed by atoms with Gasteiger partial charge in [-0.25, -0.2) is 19.3 Å². The zero-order valence-electron chi connectivity index (χ0n) is 15.5. The van der Waals surface area contributed by atoms with Crippen LogP contribution in [-0.2, 0) is 12.0 Å². The van der Waals surface area contributed by atoms with Crippen LogP contribution in [0.3, 0.4) is 0 Å². The Balaban J connectivity index is 1.84. The Morgan fingerprint density at radius 1 is 1.23 bits per heavy atom. The summed E-state index contributed by atoms with van der Waals surface area (Å²) in [7, 11) is 0. The lowest BCUT2D eigenvalue weighted by Gasteiger charge is -2.22. The Hall–Kier alpha value is -2.62. The first-order valence-electron chi connectivity index (χ1n) is 8.73. The van der Waals surface area contributed by atoms with Crippen molar-refractivity contribution in [3.05, 3.63) is 17.2 Å². The molecule has 10 nitrogen and oxygen atoms in total. The van der Waals surface area contributed by atoms with Crippen molar-refractivity contribution in [2.75, 3.05) is 18.0 Å². The van der Waals surface area contributed by atoms with Gasteiger partial charge in [0.15, 0.2) is 17.0 Å². The van der Waals surface area contributed by atoms with Gasteiger partial charge in [0.2, 0.25) is 0 Å². The highest BCUT2D eigenvalue weighted by atomic mass is 16.6. The van der Waals surface area contributed by atoms with Gasteiger partial charge in [0.25, 0.3) is 0 Å². The van der Waals surface area contributed by atoms with E-state index in [0.717, 1.165) is 36.8 Å². The molecule has 0 saturated carbocycles. The van der Waals surface area contributed by atoms with Gasteiger partial charge in [0.1, 0.15) is 17.2 Å². The number of aryl methyl sites for hydroxylation is 1. The average molecular weight is 357 g/mol. The number of rotatable bonds is 3. The van der Waals surface area contributed by atoms with Crippen LogP contribution in [0.4, 0.5) is 5.82 Å². The molecule has 0 spiro atoms. The molecule has 1 fully saturated rings. The van der Waals surface area contributed by atoms with Crippen LogP contribution in [0.2, 0.25) is 0 Å². The van der Waals surface area contributed by atoms with Gasteiger partial charge < -0.3 is 10.6 Å². The fraction of sp³-hybridized carbons (Fsp3) is 0.625. The summed E-state index contributed by atoms with van der Waals surface area (Å²) >= 11 is 0. The third kappa shape index (κ3) is 2.90. The normalized spacial score (nSPS) is 18.2. The lowest BCUT2D eigenvalue weighted by molar-refractivity contribution is 0.300. The molecule has 0 amide bonds. The molecular weight excluding hydrogens is 334 g/mol. The molecule has 1 saturated heterocycles. The van der Waals surface area contributed by atoms with E-state index in [2.05, 4.69) is 46.3 Å². The highest BCUT2D eigenvalue weighted by Gasteiger charge is 2.28. The lowest BCUT2D eigenvalue weighted by atomic mass is 9.96. The Morgan fingerprint density at radius 2 is 2.04 bits per heavy atom. The number of nitrogens with two attached hydrogens (primary N) is 1. The highest BCUT2D eigenvalue weighted by molar-refractivity contribution is 5.83. The third-order valence-corrected chi connectivity index (χ3v) is 4.59. The number of hydrogen-bond acceptors (Lipinski definition) is 9. The maximum Gasteiger partial charge on any atom is 0.184 e. The van der Waals surface area contributed by atoms with Crippen molar-refractivity contribution in [2.45, 2.75) is 52.1 Å². The minimum absolute atomic E-state index is 0.150. The fourth-order valence-corrected chi connectivity index (χ4v) is 3.02. The van der Waals surface area contributed by atoms with Crippen LogP contribution >= 0.6 is 0 Å². The minimum Gasteiger partial charge on any atom is -0.353 e. The van der Waals surface area contributed by atoms with E-state index >= 15 is 0 Å². The van der Waals surface area contributed by atoms with E-state index < -0.39 is 0 Å². The number of anilines is 1. The lowest BCUT2D eigenvalue weighted by Crippen LogP contribution is -2.28. The van der Waals surface area contributed by atoms with Crippen LogP contribution in [0.1, 0.15) is 44.4 Å². The monoisotopic (exact) mass is 357 g/mol. The van der Waals surface area contributed by atoms with E-state index in [1.165, 1.54) is 0 Å². The maximum absolute atomic E-state index is 6.09. The molecule has 2 N–H and O–H groups in total. The predicted molar refractivity (Wildman–Crippen MR) is 94.8 cm³/mol. The van der Waals surface area contributed by atoms with Gasteiger partial charge in [0, 0.05) is 24.5 Å². The zero-order valence-corrected chi connectivity index (χ0v) is 15.5. The molecule has 10 heteroatoms. The molecule has 3 aromatic rings. The van der Waals surface area contributed by atoms with Crippen molar-refractivity contribution in [3.63, 3.8) is 0 Å². The van der Waals surface area contributed by atoms with Crippen molar-refractivity contribution in [2.24, 2.45) is 5.73 Å². The van der Waals surface area contributed by atoms with Crippen LogP contribution in [-0.4, -0.2) is 54.4 Å². The second kappa shape index (κ2) is 5.97. The average Bonchev–Trinajstić information content (AvgIpc) is 3.28. The Labute approximate surface area is 150 Å². The Kier molecular flexibility index (Phi) is 3.87. The molecule has 4 heterocycles. The molecule has 0 aromatic carbocycles. The van der Waals surface area contributed by atoms with E-state index in [9.17, 15) is 0 Å². The van der Waals surface area contributed by atoms with Gasteiger partial charge in [-0.15, -0.1) is 5.10 Å². The van der Waals surface area contributed by atoms with Gasteiger partial charge in [-0.1, -0.05) is 36.3 Å². The molecule has 0 bridgehead atoms. The van der Waals surface area contributed by atoms with Crippen molar-refractivity contribution in [1.29, 1.82) is 0 Å². The number of aromatic nitrogens is 7. The van der Waals surface area contributed by atoms with Crippen molar-refractivity contribution >= 4 is 17.0 Å². The van der Waals surface area contributed by atoms with Gasteiger partial charge >= 0.3 is 0 Å².